The fourth-order valence-electron chi connectivity index (χ4n) is 6.56. The van der Waals surface area contributed by atoms with Gasteiger partial charge in [-0.3, -0.25) is 14.4 Å². The van der Waals surface area contributed by atoms with Gasteiger partial charge in [0.2, 0.25) is 17.7 Å². The third-order valence-corrected chi connectivity index (χ3v) is 7.02. The van der Waals surface area contributed by atoms with Crippen LogP contribution in [0, 0.1) is 24.2 Å². The summed E-state index contributed by atoms with van der Waals surface area (Å²) >= 11 is 0. The van der Waals surface area contributed by atoms with Crippen molar-refractivity contribution in [3.05, 3.63) is 29.8 Å². The minimum Gasteiger partial charge on any atom is -0.351 e. The smallest absolute Gasteiger partial charge is 0.243 e. The second kappa shape index (κ2) is 7.15. The van der Waals surface area contributed by atoms with Gasteiger partial charge in [0.15, 0.2) is 0 Å². The maximum Gasteiger partial charge on any atom is 0.243 e. The minimum absolute atomic E-state index is 0.0135. The lowest BCUT2D eigenvalue weighted by atomic mass is 9.46. The van der Waals surface area contributed by atoms with Crippen LogP contribution < -0.4 is 10.6 Å². The Morgan fingerprint density at radius 1 is 1.07 bits per heavy atom. The molecule has 0 spiro atoms. The van der Waals surface area contributed by atoms with Crippen LogP contribution in [0.1, 0.15) is 51.0 Å². The van der Waals surface area contributed by atoms with Gasteiger partial charge in [0.25, 0.3) is 0 Å². The van der Waals surface area contributed by atoms with E-state index in [0.29, 0.717) is 18.3 Å². The largest absolute Gasteiger partial charge is 0.351 e. The molecular formula is C23H31N3O3. The summed E-state index contributed by atoms with van der Waals surface area (Å²) in [6.07, 6.45) is 5.59. The normalized spacial score (nSPS) is 32.0. The zero-order valence-electron chi connectivity index (χ0n) is 17.6. The molecule has 0 radical (unpaired) electrons. The Balaban J connectivity index is 1.44. The monoisotopic (exact) mass is 397 g/mol. The third-order valence-electron chi connectivity index (χ3n) is 7.02. The van der Waals surface area contributed by atoms with Gasteiger partial charge >= 0.3 is 0 Å². The standard InChI is InChI=1S/C23H31N3O3/c1-15-4-6-19(7-5-15)24-20(28)13-26(3)21(29)22-9-17-8-18(10-22)12-23(11-17,14-22)25-16(2)27/h4-7,17-18H,8-14H2,1-3H3,(H,24,28)(H,25,27). The van der Waals surface area contributed by atoms with Crippen LogP contribution in [-0.2, 0) is 14.4 Å². The molecule has 0 aromatic heterocycles. The van der Waals surface area contributed by atoms with E-state index in [9.17, 15) is 14.4 Å². The van der Waals surface area contributed by atoms with E-state index in [1.165, 1.54) is 0 Å². The van der Waals surface area contributed by atoms with Crippen molar-refractivity contribution >= 4 is 23.4 Å². The first-order valence-corrected chi connectivity index (χ1v) is 10.6. The van der Waals surface area contributed by atoms with Crippen molar-refractivity contribution in [1.82, 2.24) is 10.2 Å². The van der Waals surface area contributed by atoms with Gasteiger partial charge in [-0.2, -0.15) is 0 Å². The van der Waals surface area contributed by atoms with Crippen molar-refractivity contribution in [2.75, 3.05) is 18.9 Å². The number of anilines is 1. The predicted octanol–water partition coefficient (Wildman–Crippen LogP) is 2.87. The summed E-state index contributed by atoms with van der Waals surface area (Å²) in [5.41, 5.74) is 1.19. The summed E-state index contributed by atoms with van der Waals surface area (Å²) < 4.78 is 0. The molecule has 2 unspecified atom stereocenters. The van der Waals surface area contributed by atoms with E-state index >= 15 is 0 Å². The van der Waals surface area contributed by atoms with Gasteiger partial charge in [-0.15, -0.1) is 0 Å². The van der Waals surface area contributed by atoms with Crippen LogP contribution in [0.15, 0.2) is 24.3 Å². The Morgan fingerprint density at radius 2 is 1.69 bits per heavy atom. The van der Waals surface area contributed by atoms with E-state index in [-0.39, 0.29) is 29.8 Å². The second-order valence-electron chi connectivity index (χ2n) is 9.78. The number of hydrogen-bond acceptors (Lipinski definition) is 3. The molecule has 2 atom stereocenters. The molecule has 4 aliphatic rings. The van der Waals surface area contributed by atoms with Gasteiger partial charge in [-0.1, -0.05) is 17.7 Å². The van der Waals surface area contributed by atoms with Gasteiger partial charge in [-0.05, 0) is 69.4 Å². The zero-order chi connectivity index (χ0) is 20.8. The number of carbonyl (C=O) groups excluding carboxylic acids is 3. The van der Waals surface area contributed by atoms with E-state index < -0.39 is 5.41 Å². The molecule has 0 heterocycles. The Bertz CT molecular complexity index is 818. The number of nitrogens with one attached hydrogen (secondary N) is 2. The van der Waals surface area contributed by atoms with Crippen LogP contribution in [-0.4, -0.2) is 41.8 Å². The lowest BCUT2D eigenvalue weighted by molar-refractivity contribution is -0.162. The Hall–Kier alpha value is -2.37. The van der Waals surface area contributed by atoms with Crippen LogP contribution in [0.25, 0.3) is 0 Å². The van der Waals surface area contributed by atoms with Gasteiger partial charge in [-0.25, -0.2) is 0 Å². The maximum atomic E-state index is 13.5. The lowest BCUT2D eigenvalue weighted by Crippen LogP contribution is -2.66. The number of hydrogen-bond donors (Lipinski definition) is 2. The van der Waals surface area contributed by atoms with Crippen molar-refractivity contribution < 1.29 is 14.4 Å². The molecule has 0 saturated heterocycles. The summed E-state index contributed by atoms with van der Waals surface area (Å²) in [6, 6.07) is 7.62. The first-order valence-electron chi connectivity index (χ1n) is 10.6. The van der Waals surface area contributed by atoms with Crippen LogP contribution in [0.3, 0.4) is 0 Å². The highest BCUT2D eigenvalue weighted by molar-refractivity contribution is 5.95. The van der Waals surface area contributed by atoms with Crippen molar-refractivity contribution in [3.63, 3.8) is 0 Å². The fraction of sp³-hybridized carbons (Fsp3) is 0.609. The summed E-state index contributed by atoms with van der Waals surface area (Å²) in [6.45, 7) is 3.60. The third kappa shape index (κ3) is 3.89. The van der Waals surface area contributed by atoms with E-state index in [0.717, 1.165) is 43.4 Å². The van der Waals surface area contributed by atoms with Gasteiger partial charge in [0.05, 0.1) is 12.0 Å². The number of nitrogens with zero attached hydrogens (tertiary/aromatic N) is 1. The lowest BCUT2D eigenvalue weighted by Gasteiger charge is -2.61. The number of amides is 3. The molecule has 5 rings (SSSR count). The highest BCUT2D eigenvalue weighted by Crippen LogP contribution is 2.62. The Labute approximate surface area is 172 Å². The van der Waals surface area contributed by atoms with Crippen LogP contribution in [0.5, 0.6) is 0 Å². The average molecular weight is 398 g/mol. The predicted molar refractivity (Wildman–Crippen MR) is 111 cm³/mol. The van der Waals surface area contributed by atoms with Crippen LogP contribution in [0.4, 0.5) is 5.69 Å². The Kier molecular flexibility index (Phi) is 4.91. The SMILES string of the molecule is CC(=O)NC12CC3CC(C1)CC(C(=O)N(C)CC(=O)Nc1ccc(C)cc1)(C3)C2. The summed E-state index contributed by atoms with van der Waals surface area (Å²) in [7, 11) is 1.72. The highest BCUT2D eigenvalue weighted by Gasteiger charge is 2.61. The molecule has 156 valence electrons. The molecular weight excluding hydrogens is 366 g/mol. The zero-order valence-corrected chi connectivity index (χ0v) is 17.6. The summed E-state index contributed by atoms with van der Waals surface area (Å²) in [5, 5.41) is 6.07. The quantitative estimate of drug-likeness (QED) is 0.802. The fourth-order valence-corrected chi connectivity index (χ4v) is 6.56. The minimum atomic E-state index is -0.439. The van der Waals surface area contributed by atoms with E-state index in [1.807, 2.05) is 31.2 Å². The molecule has 4 saturated carbocycles. The van der Waals surface area contributed by atoms with Crippen LogP contribution >= 0.6 is 0 Å². The number of rotatable bonds is 5. The number of likely N-dealkylation sites (N-methyl/N-ethyl adjacent to an activating group) is 1. The molecule has 4 aliphatic carbocycles. The molecule has 1 aromatic rings. The molecule has 4 fully saturated rings. The first-order chi connectivity index (χ1) is 13.7. The second-order valence-corrected chi connectivity index (χ2v) is 9.78. The molecule has 1 aromatic carbocycles. The van der Waals surface area contributed by atoms with Crippen molar-refractivity contribution in [3.8, 4) is 0 Å². The molecule has 6 nitrogen and oxygen atoms in total. The number of aryl methyl sites for hydroxylation is 1. The number of carbonyl (C=O) groups is 3. The average Bonchev–Trinajstić information content (AvgIpc) is 2.60. The van der Waals surface area contributed by atoms with Gasteiger partial charge in [0.1, 0.15) is 0 Å². The summed E-state index contributed by atoms with van der Waals surface area (Å²) in [4.78, 5) is 39.4. The van der Waals surface area contributed by atoms with E-state index in [2.05, 4.69) is 10.6 Å². The van der Waals surface area contributed by atoms with E-state index in [4.69, 9.17) is 0 Å². The number of benzene rings is 1. The van der Waals surface area contributed by atoms with Crippen molar-refractivity contribution in [2.45, 2.75) is 57.9 Å². The van der Waals surface area contributed by atoms with Crippen LogP contribution in [0.2, 0.25) is 0 Å². The highest BCUT2D eigenvalue weighted by atomic mass is 16.2. The van der Waals surface area contributed by atoms with Gasteiger partial charge in [0, 0.05) is 25.2 Å². The topological polar surface area (TPSA) is 78.5 Å². The van der Waals surface area contributed by atoms with Crippen molar-refractivity contribution in [2.24, 2.45) is 17.3 Å². The molecule has 4 bridgehead atoms. The Morgan fingerprint density at radius 3 is 2.28 bits per heavy atom. The first kappa shape index (κ1) is 19.9. The molecule has 0 aliphatic heterocycles. The molecule has 29 heavy (non-hydrogen) atoms. The summed E-state index contributed by atoms with van der Waals surface area (Å²) in [5.74, 6) is 0.829. The maximum absolute atomic E-state index is 13.5. The molecule has 6 heteroatoms. The van der Waals surface area contributed by atoms with E-state index in [1.54, 1.807) is 18.9 Å². The van der Waals surface area contributed by atoms with Crippen molar-refractivity contribution in [1.29, 1.82) is 0 Å². The molecule has 3 amide bonds. The molecule has 2 N–H and O–H groups in total. The van der Waals surface area contributed by atoms with Gasteiger partial charge < -0.3 is 15.5 Å².